The first-order valence-corrected chi connectivity index (χ1v) is 11.3. The van der Waals surface area contributed by atoms with Gasteiger partial charge in [0.05, 0.1) is 5.75 Å². The molecule has 1 aromatic heterocycles. The Morgan fingerprint density at radius 1 is 0.839 bits per heavy atom. The number of aromatic nitrogens is 3. The number of fused-ring (bicyclic) bond motifs is 1. The number of hydrogen-bond donors (Lipinski definition) is 0. The summed E-state index contributed by atoms with van der Waals surface area (Å²) in [4.78, 5) is 14.9. The van der Waals surface area contributed by atoms with Gasteiger partial charge in [0.25, 0.3) is 0 Å². The lowest BCUT2D eigenvalue weighted by molar-refractivity contribution is -0.129. The Bertz CT molecular complexity index is 1190. The van der Waals surface area contributed by atoms with E-state index in [1.54, 1.807) is 0 Å². The Balaban J connectivity index is 1.37. The molecule has 2 heterocycles. The highest BCUT2D eigenvalue weighted by Gasteiger charge is 2.22. The lowest BCUT2D eigenvalue weighted by Gasteiger charge is -2.28. The number of carbonyl (C=O) groups is 1. The highest BCUT2D eigenvalue weighted by atomic mass is 32.2. The Morgan fingerprint density at radius 2 is 1.52 bits per heavy atom. The molecule has 0 fully saturated rings. The quantitative estimate of drug-likeness (QED) is 0.437. The molecule has 1 aliphatic rings. The minimum Gasteiger partial charge on any atom is -0.337 e. The van der Waals surface area contributed by atoms with Crippen LogP contribution < -0.4 is 0 Å². The minimum absolute atomic E-state index is 0.128. The van der Waals surface area contributed by atoms with E-state index in [4.69, 9.17) is 0 Å². The second-order valence-electron chi connectivity index (χ2n) is 7.47. The summed E-state index contributed by atoms with van der Waals surface area (Å²) >= 11 is 1.44. The van der Waals surface area contributed by atoms with Crippen LogP contribution in [-0.4, -0.2) is 37.9 Å². The Morgan fingerprint density at radius 3 is 2.29 bits per heavy atom. The second kappa shape index (κ2) is 8.78. The Hall–Kier alpha value is -3.38. The zero-order valence-corrected chi connectivity index (χ0v) is 17.8. The molecule has 3 aromatic carbocycles. The van der Waals surface area contributed by atoms with Gasteiger partial charge in [0.2, 0.25) is 5.91 Å². The van der Waals surface area contributed by atoms with E-state index in [0.29, 0.717) is 12.3 Å². The molecular formula is C25H22N4OS. The first-order valence-electron chi connectivity index (χ1n) is 10.3. The SMILES string of the molecule is O=C(CSc1nnc(-c2ccccc2)n1-c1ccccc1)N1CCc2ccccc2C1. The number of thioether (sulfide) groups is 1. The molecule has 31 heavy (non-hydrogen) atoms. The first kappa shape index (κ1) is 19.6. The summed E-state index contributed by atoms with van der Waals surface area (Å²) in [6.45, 7) is 1.44. The highest BCUT2D eigenvalue weighted by Crippen LogP contribution is 2.28. The van der Waals surface area contributed by atoms with Crippen molar-refractivity contribution in [1.29, 1.82) is 0 Å². The van der Waals surface area contributed by atoms with Crippen LogP contribution in [0.4, 0.5) is 0 Å². The van der Waals surface area contributed by atoms with Gasteiger partial charge in [-0.1, -0.05) is 84.6 Å². The van der Waals surface area contributed by atoms with Crippen molar-refractivity contribution in [2.45, 2.75) is 18.1 Å². The van der Waals surface area contributed by atoms with Gasteiger partial charge in [0.1, 0.15) is 0 Å². The van der Waals surface area contributed by atoms with Gasteiger partial charge in [-0.25, -0.2) is 0 Å². The molecule has 0 saturated carbocycles. The number of amides is 1. The van der Waals surface area contributed by atoms with E-state index in [1.807, 2.05) is 76.2 Å². The zero-order chi connectivity index (χ0) is 21.0. The molecule has 5 nitrogen and oxygen atoms in total. The van der Waals surface area contributed by atoms with Crippen LogP contribution in [0.15, 0.2) is 90.1 Å². The fraction of sp³-hybridized carbons (Fsp3) is 0.160. The molecule has 0 bridgehead atoms. The normalized spacial score (nSPS) is 13.1. The van der Waals surface area contributed by atoms with Gasteiger partial charge in [-0.15, -0.1) is 10.2 Å². The van der Waals surface area contributed by atoms with Crippen molar-refractivity contribution in [2.75, 3.05) is 12.3 Å². The van der Waals surface area contributed by atoms with E-state index in [1.165, 1.54) is 22.9 Å². The van der Waals surface area contributed by atoms with Crippen LogP contribution in [0.2, 0.25) is 0 Å². The van der Waals surface area contributed by atoms with Crippen LogP contribution in [0, 0.1) is 0 Å². The van der Waals surface area contributed by atoms with E-state index >= 15 is 0 Å². The number of nitrogens with zero attached hydrogens (tertiary/aromatic N) is 4. The molecule has 0 saturated heterocycles. The predicted octanol–water partition coefficient (Wildman–Crippen LogP) is 4.61. The summed E-state index contributed by atoms with van der Waals surface area (Å²) in [6.07, 6.45) is 0.908. The van der Waals surface area contributed by atoms with Gasteiger partial charge in [-0.05, 0) is 29.7 Å². The van der Waals surface area contributed by atoms with Crippen LogP contribution in [-0.2, 0) is 17.8 Å². The lowest BCUT2D eigenvalue weighted by Crippen LogP contribution is -2.37. The average Bonchev–Trinajstić information content (AvgIpc) is 3.27. The molecule has 0 radical (unpaired) electrons. The van der Waals surface area contributed by atoms with Gasteiger partial charge in [-0.3, -0.25) is 9.36 Å². The van der Waals surface area contributed by atoms with Crippen molar-refractivity contribution in [3.8, 4) is 17.1 Å². The predicted molar refractivity (Wildman–Crippen MR) is 123 cm³/mol. The summed E-state index contributed by atoms with van der Waals surface area (Å²) in [5, 5.41) is 9.60. The van der Waals surface area contributed by atoms with Crippen molar-refractivity contribution < 1.29 is 4.79 Å². The van der Waals surface area contributed by atoms with Crippen molar-refractivity contribution in [3.63, 3.8) is 0 Å². The maximum atomic E-state index is 13.0. The molecule has 0 aliphatic carbocycles. The Kier molecular flexibility index (Phi) is 5.54. The molecule has 0 atom stereocenters. The van der Waals surface area contributed by atoms with E-state index in [9.17, 15) is 4.79 Å². The van der Waals surface area contributed by atoms with Gasteiger partial charge in [0, 0.05) is 24.3 Å². The highest BCUT2D eigenvalue weighted by molar-refractivity contribution is 7.99. The number of para-hydroxylation sites is 1. The van der Waals surface area contributed by atoms with Crippen LogP contribution in [0.3, 0.4) is 0 Å². The number of rotatable bonds is 5. The van der Waals surface area contributed by atoms with Crippen LogP contribution >= 0.6 is 11.8 Å². The summed E-state index contributed by atoms with van der Waals surface area (Å²) in [6, 6.07) is 28.4. The van der Waals surface area contributed by atoms with Gasteiger partial charge in [-0.2, -0.15) is 0 Å². The molecule has 5 rings (SSSR count). The third kappa shape index (κ3) is 4.11. The smallest absolute Gasteiger partial charge is 0.233 e. The first-order chi connectivity index (χ1) is 15.3. The standard InChI is InChI=1S/C25H22N4OS/c30-23(28-16-15-19-9-7-8-12-21(19)17-28)18-31-25-27-26-24(20-10-3-1-4-11-20)29(25)22-13-5-2-6-14-22/h1-14H,15-18H2. The largest absolute Gasteiger partial charge is 0.337 e. The molecule has 154 valence electrons. The molecule has 0 N–H and O–H groups in total. The fourth-order valence-electron chi connectivity index (χ4n) is 3.87. The monoisotopic (exact) mass is 426 g/mol. The topological polar surface area (TPSA) is 51.0 Å². The van der Waals surface area contributed by atoms with Crippen LogP contribution in [0.5, 0.6) is 0 Å². The molecule has 4 aromatic rings. The third-order valence-electron chi connectivity index (χ3n) is 5.49. The molecule has 0 spiro atoms. The van der Waals surface area contributed by atoms with Crippen molar-refractivity contribution in [2.24, 2.45) is 0 Å². The van der Waals surface area contributed by atoms with E-state index in [2.05, 4.69) is 28.4 Å². The molecule has 6 heteroatoms. The summed E-state index contributed by atoms with van der Waals surface area (Å²) < 4.78 is 2.03. The van der Waals surface area contributed by atoms with Crippen molar-refractivity contribution in [3.05, 3.63) is 96.1 Å². The molecule has 1 amide bonds. The van der Waals surface area contributed by atoms with Gasteiger partial charge >= 0.3 is 0 Å². The van der Waals surface area contributed by atoms with Gasteiger partial charge in [0.15, 0.2) is 11.0 Å². The summed E-state index contributed by atoms with van der Waals surface area (Å²) in [5.74, 6) is 1.24. The van der Waals surface area contributed by atoms with E-state index in [0.717, 1.165) is 35.2 Å². The van der Waals surface area contributed by atoms with E-state index < -0.39 is 0 Å². The zero-order valence-electron chi connectivity index (χ0n) is 17.0. The molecule has 1 aliphatic heterocycles. The van der Waals surface area contributed by atoms with E-state index in [-0.39, 0.29) is 5.91 Å². The number of benzene rings is 3. The average molecular weight is 427 g/mol. The number of hydrogen-bond acceptors (Lipinski definition) is 4. The molecular weight excluding hydrogens is 404 g/mol. The Labute approximate surface area is 185 Å². The van der Waals surface area contributed by atoms with Gasteiger partial charge < -0.3 is 4.90 Å². The maximum Gasteiger partial charge on any atom is 0.233 e. The minimum atomic E-state index is 0.128. The number of carbonyl (C=O) groups excluding carboxylic acids is 1. The third-order valence-corrected chi connectivity index (χ3v) is 6.40. The maximum absolute atomic E-state index is 13.0. The molecule has 0 unspecified atom stereocenters. The van der Waals surface area contributed by atoms with Crippen LogP contribution in [0.25, 0.3) is 17.1 Å². The second-order valence-corrected chi connectivity index (χ2v) is 8.41. The lowest BCUT2D eigenvalue weighted by atomic mass is 10.00. The fourth-order valence-corrected chi connectivity index (χ4v) is 4.73. The van der Waals surface area contributed by atoms with Crippen LogP contribution in [0.1, 0.15) is 11.1 Å². The van der Waals surface area contributed by atoms with Crippen molar-refractivity contribution in [1.82, 2.24) is 19.7 Å². The summed E-state index contributed by atoms with van der Waals surface area (Å²) in [7, 11) is 0. The summed E-state index contributed by atoms with van der Waals surface area (Å²) in [5.41, 5.74) is 4.55. The van der Waals surface area contributed by atoms with Crippen molar-refractivity contribution >= 4 is 17.7 Å².